The van der Waals surface area contributed by atoms with Gasteiger partial charge in [-0.05, 0) is 18.2 Å². The standard InChI is InChI=1S/C10H12N2O4S/c11-5-9-1-2-10(16-9)17(13,14)12-6-8-3-4-15-7-8/h1-4,7,12H,5-6,11H2. The van der Waals surface area contributed by atoms with Gasteiger partial charge in [-0.15, -0.1) is 0 Å². The maximum Gasteiger partial charge on any atom is 0.274 e. The van der Waals surface area contributed by atoms with Crippen LogP contribution < -0.4 is 10.5 Å². The normalized spacial score (nSPS) is 11.8. The fourth-order valence-corrected chi connectivity index (χ4v) is 2.22. The molecule has 0 bridgehead atoms. The maximum atomic E-state index is 11.8. The molecule has 0 aliphatic carbocycles. The minimum absolute atomic E-state index is 0.138. The molecular formula is C10H12N2O4S. The Balaban J connectivity index is 2.08. The summed E-state index contributed by atoms with van der Waals surface area (Å²) in [5.74, 6) is 0.425. The fraction of sp³-hybridized carbons (Fsp3) is 0.200. The minimum atomic E-state index is -3.64. The smallest absolute Gasteiger partial charge is 0.274 e. The molecule has 17 heavy (non-hydrogen) atoms. The molecule has 2 aromatic rings. The van der Waals surface area contributed by atoms with Gasteiger partial charge in [-0.2, -0.15) is 0 Å². The minimum Gasteiger partial charge on any atom is -0.472 e. The Morgan fingerprint density at radius 3 is 2.71 bits per heavy atom. The first-order valence-electron chi connectivity index (χ1n) is 4.91. The number of sulfonamides is 1. The van der Waals surface area contributed by atoms with Gasteiger partial charge in [0.15, 0.2) is 0 Å². The second-order valence-corrected chi connectivity index (χ2v) is 5.08. The van der Waals surface area contributed by atoms with Crippen molar-refractivity contribution in [1.29, 1.82) is 0 Å². The van der Waals surface area contributed by atoms with Gasteiger partial charge >= 0.3 is 0 Å². The predicted octanol–water partition coefficient (Wildman–Crippen LogP) is 0.810. The average Bonchev–Trinajstić information content (AvgIpc) is 2.98. The molecule has 0 aromatic carbocycles. The van der Waals surface area contributed by atoms with Crippen LogP contribution in [0.1, 0.15) is 11.3 Å². The molecule has 0 atom stereocenters. The van der Waals surface area contributed by atoms with E-state index in [0.29, 0.717) is 5.76 Å². The van der Waals surface area contributed by atoms with E-state index in [0.717, 1.165) is 5.56 Å². The summed E-state index contributed by atoms with van der Waals surface area (Å²) in [4.78, 5) is 0. The third kappa shape index (κ3) is 2.76. The summed E-state index contributed by atoms with van der Waals surface area (Å²) >= 11 is 0. The van der Waals surface area contributed by atoms with Crippen molar-refractivity contribution in [2.24, 2.45) is 5.73 Å². The largest absolute Gasteiger partial charge is 0.472 e. The van der Waals surface area contributed by atoms with Gasteiger partial charge in [0.05, 0.1) is 19.1 Å². The summed E-state index contributed by atoms with van der Waals surface area (Å²) in [7, 11) is -3.64. The van der Waals surface area contributed by atoms with Gasteiger partial charge in [0.1, 0.15) is 5.76 Å². The molecule has 3 N–H and O–H groups in total. The van der Waals surface area contributed by atoms with Gasteiger partial charge in [0.25, 0.3) is 10.0 Å². The lowest BCUT2D eigenvalue weighted by Gasteiger charge is -2.01. The van der Waals surface area contributed by atoms with Crippen LogP contribution in [0.2, 0.25) is 0 Å². The Labute approximate surface area is 98.5 Å². The van der Waals surface area contributed by atoms with Gasteiger partial charge in [0, 0.05) is 12.1 Å². The van der Waals surface area contributed by atoms with E-state index in [-0.39, 0.29) is 18.2 Å². The van der Waals surface area contributed by atoms with Crippen LogP contribution >= 0.6 is 0 Å². The first-order chi connectivity index (χ1) is 8.12. The number of nitrogens with two attached hydrogens (primary N) is 1. The van der Waals surface area contributed by atoms with Crippen LogP contribution in [0.5, 0.6) is 0 Å². The monoisotopic (exact) mass is 256 g/mol. The highest BCUT2D eigenvalue weighted by atomic mass is 32.2. The molecule has 2 aromatic heterocycles. The lowest BCUT2D eigenvalue weighted by molar-refractivity contribution is 0.412. The van der Waals surface area contributed by atoms with Crippen LogP contribution in [-0.4, -0.2) is 8.42 Å². The quantitative estimate of drug-likeness (QED) is 0.824. The van der Waals surface area contributed by atoms with Crippen LogP contribution in [0.3, 0.4) is 0 Å². The summed E-state index contributed by atoms with van der Waals surface area (Å²) in [6.07, 6.45) is 2.94. The summed E-state index contributed by atoms with van der Waals surface area (Å²) in [6.45, 7) is 0.314. The zero-order chi connectivity index (χ0) is 12.3. The summed E-state index contributed by atoms with van der Waals surface area (Å²) in [5, 5.41) is -0.138. The number of rotatable bonds is 5. The predicted molar refractivity (Wildman–Crippen MR) is 59.3 cm³/mol. The highest BCUT2D eigenvalue weighted by molar-refractivity contribution is 7.89. The zero-order valence-electron chi connectivity index (χ0n) is 8.92. The molecule has 0 saturated carbocycles. The number of hydrogen-bond acceptors (Lipinski definition) is 5. The zero-order valence-corrected chi connectivity index (χ0v) is 9.74. The summed E-state index contributed by atoms with van der Waals surface area (Å²) in [6, 6.07) is 4.59. The van der Waals surface area contributed by atoms with Crippen molar-refractivity contribution in [3.8, 4) is 0 Å². The van der Waals surface area contributed by atoms with Crippen LogP contribution in [0.4, 0.5) is 0 Å². The molecule has 7 heteroatoms. The molecule has 0 unspecified atom stereocenters. The van der Waals surface area contributed by atoms with Crippen molar-refractivity contribution in [3.05, 3.63) is 42.0 Å². The van der Waals surface area contributed by atoms with Crippen LogP contribution in [-0.2, 0) is 23.1 Å². The highest BCUT2D eigenvalue weighted by Gasteiger charge is 2.18. The van der Waals surface area contributed by atoms with E-state index < -0.39 is 10.0 Å². The van der Waals surface area contributed by atoms with Crippen LogP contribution in [0.15, 0.2) is 44.7 Å². The van der Waals surface area contributed by atoms with Gasteiger partial charge in [-0.1, -0.05) is 0 Å². The van der Waals surface area contributed by atoms with Crippen molar-refractivity contribution in [3.63, 3.8) is 0 Å². The Morgan fingerprint density at radius 1 is 1.29 bits per heavy atom. The average molecular weight is 256 g/mol. The molecule has 0 spiro atoms. The molecule has 0 amide bonds. The van der Waals surface area contributed by atoms with E-state index in [9.17, 15) is 8.42 Å². The lowest BCUT2D eigenvalue weighted by atomic mass is 10.4. The molecule has 0 fully saturated rings. The van der Waals surface area contributed by atoms with Crippen LogP contribution in [0, 0.1) is 0 Å². The van der Waals surface area contributed by atoms with Crippen molar-refractivity contribution >= 4 is 10.0 Å². The third-order valence-corrected chi connectivity index (χ3v) is 3.42. The van der Waals surface area contributed by atoms with Crippen molar-refractivity contribution in [1.82, 2.24) is 4.72 Å². The van der Waals surface area contributed by atoms with E-state index in [2.05, 4.69) is 4.72 Å². The molecule has 6 nitrogen and oxygen atoms in total. The van der Waals surface area contributed by atoms with Crippen LogP contribution in [0.25, 0.3) is 0 Å². The maximum absolute atomic E-state index is 11.8. The fourth-order valence-electron chi connectivity index (χ4n) is 1.26. The Kier molecular flexibility index (Phi) is 3.32. The second-order valence-electron chi connectivity index (χ2n) is 3.38. The number of hydrogen-bond donors (Lipinski definition) is 2. The molecule has 0 aliphatic heterocycles. The van der Waals surface area contributed by atoms with Gasteiger partial charge in [0.2, 0.25) is 5.09 Å². The van der Waals surface area contributed by atoms with E-state index in [1.54, 1.807) is 6.07 Å². The molecule has 0 radical (unpaired) electrons. The molecule has 2 heterocycles. The Morgan fingerprint density at radius 2 is 2.12 bits per heavy atom. The van der Waals surface area contributed by atoms with Crippen molar-refractivity contribution in [2.45, 2.75) is 18.2 Å². The van der Waals surface area contributed by atoms with E-state index >= 15 is 0 Å². The van der Waals surface area contributed by atoms with Crippen molar-refractivity contribution in [2.75, 3.05) is 0 Å². The van der Waals surface area contributed by atoms with E-state index in [1.165, 1.54) is 24.7 Å². The topological polar surface area (TPSA) is 98.5 Å². The Hall–Kier alpha value is -1.57. The molecule has 92 valence electrons. The molecule has 2 rings (SSSR count). The molecule has 0 aliphatic rings. The van der Waals surface area contributed by atoms with Crippen molar-refractivity contribution < 1.29 is 17.3 Å². The first-order valence-corrected chi connectivity index (χ1v) is 6.39. The number of nitrogens with one attached hydrogen (secondary N) is 1. The van der Waals surface area contributed by atoms with Gasteiger partial charge in [-0.3, -0.25) is 0 Å². The molecular weight excluding hydrogens is 244 g/mol. The summed E-state index contributed by atoms with van der Waals surface area (Å²) in [5.41, 5.74) is 6.07. The SMILES string of the molecule is NCc1ccc(S(=O)(=O)NCc2ccoc2)o1. The number of furan rings is 2. The highest BCUT2D eigenvalue weighted by Crippen LogP contribution is 2.13. The van der Waals surface area contributed by atoms with Gasteiger partial charge in [-0.25, -0.2) is 13.1 Å². The first kappa shape index (κ1) is 11.9. The lowest BCUT2D eigenvalue weighted by Crippen LogP contribution is -2.22. The third-order valence-electron chi connectivity index (χ3n) is 2.15. The van der Waals surface area contributed by atoms with E-state index in [1.807, 2.05) is 0 Å². The Bertz CT molecular complexity index is 571. The second kappa shape index (κ2) is 4.74. The summed E-state index contributed by atoms with van der Waals surface area (Å²) < 4.78 is 35.9. The van der Waals surface area contributed by atoms with Gasteiger partial charge < -0.3 is 14.6 Å². The van der Waals surface area contributed by atoms with E-state index in [4.69, 9.17) is 14.6 Å². The molecule has 0 saturated heterocycles.